The molecule has 0 heterocycles. The Bertz CT molecular complexity index is 390. The highest BCUT2D eigenvalue weighted by Crippen LogP contribution is 2.32. The predicted molar refractivity (Wildman–Crippen MR) is 61.2 cm³/mol. The number of halogens is 4. The third-order valence-electron chi connectivity index (χ3n) is 2.70. The number of nitrogens with two attached hydrogens (primary N) is 2. The summed E-state index contributed by atoms with van der Waals surface area (Å²) in [5, 5.41) is 0. The van der Waals surface area contributed by atoms with Crippen LogP contribution in [0.25, 0.3) is 0 Å². The second kappa shape index (κ2) is 6.15. The first-order chi connectivity index (χ1) is 8.36. The first kappa shape index (κ1) is 14.9. The van der Waals surface area contributed by atoms with Gasteiger partial charge in [0.25, 0.3) is 0 Å². The van der Waals surface area contributed by atoms with Crippen molar-refractivity contribution in [3.8, 4) is 0 Å². The van der Waals surface area contributed by atoms with E-state index in [4.69, 9.17) is 11.5 Å². The van der Waals surface area contributed by atoms with Crippen LogP contribution in [0.15, 0.2) is 18.2 Å². The van der Waals surface area contributed by atoms with Gasteiger partial charge in [0.2, 0.25) is 0 Å². The Morgan fingerprint density at radius 3 is 2.33 bits per heavy atom. The van der Waals surface area contributed by atoms with Crippen molar-refractivity contribution in [1.29, 1.82) is 0 Å². The third kappa shape index (κ3) is 3.96. The zero-order valence-corrected chi connectivity index (χ0v) is 9.80. The SMILES string of the molecule is NCCCC[C@@H](N)c1ccc(C(F)(F)F)c(F)c1. The Balaban J connectivity index is 2.78. The number of rotatable bonds is 5. The van der Waals surface area contributed by atoms with Crippen LogP contribution in [0, 0.1) is 5.82 Å². The summed E-state index contributed by atoms with van der Waals surface area (Å²) in [6.45, 7) is 0.536. The summed E-state index contributed by atoms with van der Waals surface area (Å²) >= 11 is 0. The monoisotopic (exact) mass is 264 g/mol. The van der Waals surface area contributed by atoms with Gasteiger partial charge in [-0.2, -0.15) is 13.2 Å². The summed E-state index contributed by atoms with van der Waals surface area (Å²) in [5.74, 6) is -1.28. The minimum Gasteiger partial charge on any atom is -0.330 e. The number of unbranched alkanes of at least 4 members (excludes halogenated alkanes) is 1. The van der Waals surface area contributed by atoms with Gasteiger partial charge in [0, 0.05) is 6.04 Å². The van der Waals surface area contributed by atoms with E-state index in [0.29, 0.717) is 18.5 Å². The molecule has 0 aromatic heterocycles. The molecule has 4 N–H and O–H groups in total. The summed E-state index contributed by atoms with van der Waals surface area (Å²) in [4.78, 5) is 0. The van der Waals surface area contributed by atoms with E-state index in [-0.39, 0.29) is 0 Å². The maximum atomic E-state index is 13.3. The highest BCUT2D eigenvalue weighted by atomic mass is 19.4. The molecular formula is C12H16F4N2. The van der Waals surface area contributed by atoms with Gasteiger partial charge < -0.3 is 11.5 Å². The molecule has 0 spiro atoms. The van der Waals surface area contributed by atoms with E-state index in [0.717, 1.165) is 25.0 Å². The van der Waals surface area contributed by atoms with Crippen LogP contribution in [0.1, 0.15) is 36.4 Å². The summed E-state index contributed by atoms with van der Waals surface area (Å²) in [7, 11) is 0. The van der Waals surface area contributed by atoms with Gasteiger partial charge in [-0.25, -0.2) is 4.39 Å². The molecule has 1 aromatic rings. The van der Waals surface area contributed by atoms with Crippen LogP contribution in [-0.2, 0) is 6.18 Å². The van der Waals surface area contributed by atoms with Crippen LogP contribution in [0.5, 0.6) is 0 Å². The Morgan fingerprint density at radius 1 is 1.17 bits per heavy atom. The third-order valence-corrected chi connectivity index (χ3v) is 2.70. The number of hydrogen-bond acceptors (Lipinski definition) is 2. The topological polar surface area (TPSA) is 52.0 Å². The molecule has 0 saturated heterocycles. The summed E-state index contributed by atoms with van der Waals surface area (Å²) in [6, 6.07) is 2.34. The maximum absolute atomic E-state index is 13.3. The van der Waals surface area contributed by atoms with Crippen molar-refractivity contribution < 1.29 is 17.6 Å². The number of hydrogen-bond donors (Lipinski definition) is 2. The van der Waals surface area contributed by atoms with Gasteiger partial charge in [0.05, 0.1) is 5.56 Å². The lowest BCUT2D eigenvalue weighted by molar-refractivity contribution is -0.140. The van der Waals surface area contributed by atoms with E-state index < -0.39 is 23.6 Å². The first-order valence-corrected chi connectivity index (χ1v) is 5.68. The number of benzene rings is 1. The molecule has 0 aliphatic carbocycles. The smallest absolute Gasteiger partial charge is 0.330 e. The lowest BCUT2D eigenvalue weighted by atomic mass is 10.00. The lowest BCUT2D eigenvalue weighted by Gasteiger charge is -2.14. The van der Waals surface area contributed by atoms with Crippen LogP contribution in [0.2, 0.25) is 0 Å². The van der Waals surface area contributed by atoms with E-state index in [1.54, 1.807) is 0 Å². The van der Waals surface area contributed by atoms with Crippen LogP contribution in [-0.4, -0.2) is 6.54 Å². The highest BCUT2D eigenvalue weighted by molar-refractivity contribution is 5.28. The molecule has 6 heteroatoms. The van der Waals surface area contributed by atoms with E-state index in [2.05, 4.69) is 0 Å². The van der Waals surface area contributed by atoms with Gasteiger partial charge in [-0.1, -0.05) is 12.5 Å². The lowest BCUT2D eigenvalue weighted by Crippen LogP contribution is -2.13. The molecule has 2 nitrogen and oxygen atoms in total. The molecular weight excluding hydrogens is 248 g/mol. The normalized spacial score (nSPS) is 13.7. The van der Waals surface area contributed by atoms with E-state index in [1.807, 2.05) is 0 Å². The molecule has 1 rings (SSSR count). The fourth-order valence-electron chi connectivity index (χ4n) is 1.67. The average molecular weight is 264 g/mol. The second-order valence-corrected chi connectivity index (χ2v) is 4.13. The van der Waals surface area contributed by atoms with Crippen molar-refractivity contribution in [2.45, 2.75) is 31.5 Å². The van der Waals surface area contributed by atoms with Crippen LogP contribution >= 0.6 is 0 Å². The van der Waals surface area contributed by atoms with Gasteiger partial charge >= 0.3 is 6.18 Å². The van der Waals surface area contributed by atoms with Crippen LogP contribution in [0.3, 0.4) is 0 Å². The van der Waals surface area contributed by atoms with E-state index >= 15 is 0 Å². The largest absolute Gasteiger partial charge is 0.419 e. The van der Waals surface area contributed by atoms with Crippen molar-refractivity contribution in [1.82, 2.24) is 0 Å². The molecule has 0 unspecified atom stereocenters. The van der Waals surface area contributed by atoms with Crippen molar-refractivity contribution in [3.63, 3.8) is 0 Å². The maximum Gasteiger partial charge on any atom is 0.419 e. The molecule has 1 atom stereocenters. The van der Waals surface area contributed by atoms with Gasteiger partial charge in [-0.05, 0) is 37.1 Å². The van der Waals surface area contributed by atoms with E-state index in [1.165, 1.54) is 6.07 Å². The Kier molecular flexibility index (Phi) is 5.10. The average Bonchev–Trinajstić information content (AvgIpc) is 2.27. The number of alkyl halides is 3. The summed E-state index contributed by atoms with van der Waals surface area (Å²) < 4.78 is 50.3. The van der Waals surface area contributed by atoms with Crippen molar-refractivity contribution in [2.75, 3.05) is 6.54 Å². The van der Waals surface area contributed by atoms with E-state index in [9.17, 15) is 17.6 Å². The molecule has 0 aliphatic rings. The summed E-state index contributed by atoms with van der Waals surface area (Å²) in [5.41, 5.74) is 10.2. The molecule has 18 heavy (non-hydrogen) atoms. The van der Waals surface area contributed by atoms with Crippen molar-refractivity contribution in [2.24, 2.45) is 11.5 Å². The highest BCUT2D eigenvalue weighted by Gasteiger charge is 2.34. The van der Waals surface area contributed by atoms with Gasteiger partial charge in [-0.3, -0.25) is 0 Å². The van der Waals surface area contributed by atoms with Crippen molar-refractivity contribution >= 4 is 0 Å². The Hall–Kier alpha value is -1.14. The van der Waals surface area contributed by atoms with Gasteiger partial charge in [0.15, 0.2) is 0 Å². The molecule has 0 radical (unpaired) electrons. The fraction of sp³-hybridized carbons (Fsp3) is 0.500. The Labute approximate surface area is 103 Å². The fourth-order valence-corrected chi connectivity index (χ4v) is 1.67. The standard InChI is InChI=1S/C12H16F4N2/c13-10-7-8(11(18)3-1-2-6-17)4-5-9(10)12(14,15)16/h4-5,7,11H,1-3,6,17-18H2/t11-/m1/s1. The quantitative estimate of drug-likeness (QED) is 0.634. The molecule has 0 amide bonds. The van der Waals surface area contributed by atoms with Crippen LogP contribution < -0.4 is 11.5 Å². The Morgan fingerprint density at radius 2 is 1.83 bits per heavy atom. The minimum absolute atomic E-state index is 0.373. The first-order valence-electron chi connectivity index (χ1n) is 5.68. The van der Waals surface area contributed by atoms with Crippen LogP contribution in [0.4, 0.5) is 17.6 Å². The van der Waals surface area contributed by atoms with Gasteiger partial charge in [0.1, 0.15) is 5.82 Å². The second-order valence-electron chi connectivity index (χ2n) is 4.13. The zero-order chi connectivity index (χ0) is 13.8. The molecule has 1 aromatic carbocycles. The molecule has 0 saturated carbocycles. The predicted octanol–water partition coefficient (Wildman–Crippen LogP) is 2.97. The zero-order valence-electron chi connectivity index (χ0n) is 9.80. The molecule has 102 valence electrons. The summed E-state index contributed by atoms with van der Waals surface area (Å²) in [6.07, 6.45) is -2.55. The molecule has 0 bridgehead atoms. The van der Waals surface area contributed by atoms with Gasteiger partial charge in [-0.15, -0.1) is 0 Å². The van der Waals surface area contributed by atoms with Crippen molar-refractivity contribution in [3.05, 3.63) is 35.1 Å². The molecule has 0 fully saturated rings. The molecule has 0 aliphatic heterocycles. The minimum atomic E-state index is -4.67.